The zero-order valence-electron chi connectivity index (χ0n) is 29.8. The largest absolute Gasteiger partial charge is 0.456 e. The number of furan rings is 1. The minimum Gasteiger partial charge on any atom is -0.456 e. The first-order valence-corrected chi connectivity index (χ1v) is 18.2. The number of hydrogen-bond acceptors (Lipinski definition) is 4. The highest BCUT2D eigenvalue weighted by molar-refractivity contribution is 6.10. The van der Waals surface area contributed by atoms with Crippen LogP contribution in [0.25, 0.3) is 83.6 Å². The van der Waals surface area contributed by atoms with E-state index in [1.165, 1.54) is 45.8 Å². The number of aromatic nitrogens is 4. The maximum atomic E-state index is 6.23. The Morgan fingerprint density at radius 2 is 1.02 bits per heavy atom. The number of hydrogen-bond donors (Lipinski definition) is 0. The smallest absolute Gasteiger partial charge is 0.164 e. The topological polar surface area (TPSA) is 56.7 Å². The fourth-order valence-corrected chi connectivity index (χ4v) is 8.28. The van der Waals surface area contributed by atoms with E-state index < -0.39 is 0 Å². The zero-order chi connectivity index (χ0) is 35.2. The molecule has 9 aromatic rings. The molecule has 1 aliphatic carbocycles. The van der Waals surface area contributed by atoms with Gasteiger partial charge < -0.3 is 8.98 Å². The molecule has 0 radical (unpaired) electrons. The van der Waals surface area contributed by atoms with Gasteiger partial charge in [-0.3, -0.25) is 0 Å². The van der Waals surface area contributed by atoms with Crippen LogP contribution in [-0.4, -0.2) is 19.5 Å². The lowest BCUT2D eigenvalue weighted by molar-refractivity contribution is 0.332. The summed E-state index contributed by atoms with van der Waals surface area (Å²) in [6.07, 6.45) is 2.37. The van der Waals surface area contributed by atoms with Gasteiger partial charge in [-0.15, -0.1) is 0 Å². The first kappa shape index (κ1) is 30.7. The van der Waals surface area contributed by atoms with Crippen LogP contribution in [0.5, 0.6) is 0 Å². The molecule has 6 aromatic carbocycles. The summed E-state index contributed by atoms with van der Waals surface area (Å²) in [5, 5.41) is 4.76. The van der Waals surface area contributed by atoms with Crippen molar-refractivity contribution in [3.63, 3.8) is 0 Å². The molecule has 3 heterocycles. The fraction of sp³-hybridized carbons (Fsp3) is 0.170. The summed E-state index contributed by atoms with van der Waals surface area (Å²) in [4.78, 5) is 15.0. The van der Waals surface area contributed by atoms with Crippen LogP contribution >= 0.6 is 0 Å². The van der Waals surface area contributed by atoms with E-state index in [0.717, 1.165) is 44.3 Å². The van der Waals surface area contributed by atoms with Crippen molar-refractivity contribution in [2.75, 3.05) is 0 Å². The summed E-state index contributed by atoms with van der Waals surface area (Å²) in [6, 6.07) is 46.9. The maximum absolute atomic E-state index is 6.23. The third-order valence-electron chi connectivity index (χ3n) is 11.3. The number of fused-ring (bicyclic) bond motifs is 7. The molecule has 0 saturated heterocycles. The third-order valence-corrected chi connectivity index (χ3v) is 11.3. The van der Waals surface area contributed by atoms with Crippen molar-refractivity contribution in [1.82, 2.24) is 19.5 Å². The van der Waals surface area contributed by atoms with Crippen LogP contribution in [0.2, 0.25) is 0 Å². The summed E-state index contributed by atoms with van der Waals surface area (Å²) in [5.41, 5.74) is 11.2. The molecular weight excluding hydrogens is 637 g/mol. The van der Waals surface area contributed by atoms with Crippen molar-refractivity contribution < 1.29 is 4.42 Å². The zero-order valence-corrected chi connectivity index (χ0v) is 29.8. The van der Waals surface area contributed by atoms with Gasteiger partial charge in [0.1, 0.15) is 11.2 Å². The number of nitrogens with zero attached hydrogens (tertiary/aromatic N) is 4. The molecule has 0 unspecified atom stereocenters. The van der Waals surface area contributed by atoms with Crippen molar-refractivity contribution >= 4 is 43.7 Å². The van der Waals surface area contributed by atoms with E-state index in [2.05, 4.69) is 111 Å². The minimum absolute atomic E-state index is 0.117. The predicted octanol–water partition coefficient (Wildman–Crippen LogP) is 12.2. The molecule has 5 heteroatoms. The molecule has 0 fully saturated rings. The molecule has 1 aliphatic rings. The van der Waals surface area contributed by atoms with E-state index >= 15 is 0 Å². The Balaban J connectivity index is 1.11. The van der Waals surface area contributed by atoms with Crippen LogP contribution in [0.4, 0.5) is 0 Å². The van der Waals surface area contributed by atoms with E-state index in [0.29, 0.717) is 17.5 Å². The van der Waals surface area contributed by atoms with E-state index in [9.17, 15) is 0 Å². The summed E-state index contributed by atoms with van der Waals surface area (Å²) >= 11 is 0. The molecule has 5 nitrogen and oxygen atoms in total. The minimum atomic E-state index is 0.117. The van der Waals surface area contributed by atoms with Crippen molar-refractivity contribution in [2.45, 2.75) is 51.4 Å². The van der Waals surface area contributed by atoms with Crippen LogP contribution in [0.1, 0.15) is 51.7 Å². The monoisotopic (exact) mass is 674 g/mol. The second kappa shape index (κ2) is 11.2. The second-order valence-electron chi connectivity index (χ2n) is 15.6. The van der Waals surface area contributed by atoms with Crippen LogP contribution in [0.3, 0.4) is 0 Å². The first-order valence-electron chi connectivity index (χ1n) is 18.2. The van der Waals surface area contributed by atoms with Gasteiger partial charge in [0.05, 0.1) is 11.0 Å². The molecule has 252 valence electrons. The van der Waals surface area contributed by atoms with Gasteiger partial charge in [0.2, 0.25) is 0 Å². The Morgan fingerprint density at radius 3 is 1.75 bits per heavy atom. The number of para-hydroxylation sites is 2. The third kappa shape index (κ3) is 4.80. The average Bonchev–Trinajstić information content (AvgIpc) is 3.71. The van der Waals surface area contributed by atoms with E-state index in [1.54, 1.807) is 0 Å². The van der Waals surface area contributed by atoms with Crippen LogP contribution < -0.4 is 0 Å². The van der Waals surface area contributed by atoms with E-state index in [-0.39, 0.29) is 10.8 Å². The van der Waals surface area contributed by atoms with E-state index in [1.807, 2.05) is 54.6 Å². The lowest BCUT2D eigenvalue weighted by Gasteiger charge is -2.42. The van der Waals surface area contributed by atoms with Gasteiger partial charge in [0.25, 0.3) is 0 Å². The number of benzene rings is 6. The highest BCUT2D eigenvalue weighted by atomic mass is 16.3. The molecule has 3 aromatic heterocycles. The summed E-state index contributed by atoms with van der Waals surface area (Å²) < 4.78 is 8.65. The number of rotatable bonds is 4. The van der Waals surface area contributed by atoms with Crippen LogP contribution in [0, 0.1) is 0 Å². The molecule has 0 aliphatic heterocycles. The summed E-state index contributed by atoms with van der Waals surface area (Å²) in [7, 11) is 0. The lowest BCUT2D eigenvalue weighted by atomic mass is 9.63. The highest BCUT2D eigenvalue weighted by Crippen LogP contribution is 2.48. The quantitative estimate of drug-likeness (QED) is 0.186. The van der Waals surface area contributed by atoms with Crippen molar-refractivity contribution in [2.24, 2.45) is 0 Å². The van der Waals surface area contributed by atoms with Gasteiger partial charge in [-0.1, -0.05) is 100 Å². The molecule has 0 N–H and O–H groups in total. The summed E-state index contributed by atoms with van der Waals surface area (Å²) in [6.45, 7) is 9.60. The van der Waals surface area contributed by atoms with Gasteiger partial charge in [0, 0.05) is 43.9 Å². The fourth-order valence-electron chi connectivity index (χ4n) is 8.28. The van der Waals surface area contributed by atoms with E-state index in [4.69, 9.17) is 19.4 Å². The van der Waals surface area contributed by atoms with Crippen LogP contribution in [0.15, 0.2) is 138 Å². The Kier molecular flexibility index (Phi) is 6.63. The predicted molar refractivity (Wildman–Crippen MR) is 213 cm³/mol. The molecule has 0 saturated carbocycles. The van der Waals surface area contributed by atoms with Crippen LogP contribution in [-0.2, 0) is 10.8 Å². The standard InChI is InChI=1S/C47H38N4O/c1-46(2)24-25-47(3,4)38-28-40-36(27-37(38)46)33-14-8-10-16-39(33)51(40)32-21-18-30(19-22-32)44-48-43(29-12-6-5-7-13-29)49-45(50-44)31-20-23-35-34-15-9-11-17-41(34)52-42(35)26-31/h5-23,26-28H,24-25H2,1-4H3. The van der Waals surface area contributed by atoms with Crippen molar-refractivity contribution in [3.05, 3.63) is 145 Å². The Labute approximate surface area is 302 Å². The molecule has 0 spiro atoms. The molecule has 52 heavy (non-hydrogen) atoms. The summed E-state index contributed by atoms with van der Waals surface area (Å²) in [5.74, 6) is 1.86. The molecule has 0 amide bonds. The maximum Gasteiger partial charge on any atom is 0.164 e. The second-order valence-corrected chi connectivity index (χ2v) is 15.6. The Morgan fingerprint density at radius 1 is 0.462 bits per heavy atom. The first-order chi connectivity index (χ1) is 25.2. The van der Waals surface area contributed by atoms with Crippen molar-refractivity contribution in [3.8, 4) is 39.9 Å². The average molecular weight is 675 g/mol. The normalized spacial score (nSPS) is 15.1. The van der Waals surface area contributed by atoms with Gasteiger partial charge in [-0.25, -0.2) is 15.0 Å². The van der Waals surface area contributed by atoms with Gasteiger partial charge >= 0.3 is 0 Å². The highest BCUT2D eigenvalue weighted by Gasteiger charge is 2.37. The lowest BCUT2D eigenvalue weighted by Crippen LogP contribution is -2.33. The Bertz CT molecular complexity index is 2840. The SMILES string of the molecule is CC1(C)CCC(C)(C)c2cc3c(cc21)c1ccccc1n3-c1ccc(-c2nc(-c3ccccc3)nc(-c3ccc4c(c3)oc3ccccc34)n2)cc1. The van der Waals surface area contributed by atoms with Crippen molar-refractivity contribution in [1.29, 1.82) is 0 Å². The van der Waals surface area contributed by atoms with Gasteiger partial charge in [-0.2, -0.15) is 0 Å². The molecular formula is C47H38N4O. The molecule has 10 rings (SSSR count). The van der Waals surface area contributed by atoms with Gasteiger partial charge in [0.15, 0.2) is 17.5 Å². The Hall–Kier alpha value is -6.07. The molecule has 0 bridgehead atoms. The van der Waals surface area contributed by atoms with Gasteiger partial charge in [-0.05, 0) is 95.5 Å². The molecule has 0 atom stereocenters.